The summed E-state index contributed by atoms with van der Waals surface area (Å²) < 4.78 is 6.66. The van der Waals surface area contributed by atoms with Crippen molar-refractivity contribution in [2.24, 2.45) is 5.92 Å². The summed E-state index contributed by atoms with van der Waals surface area (Å²) in [5.41, 5.74) is 2.58. The fourth-order valence-electron chi connectivity index (χ4n) is 5.29. The molecule has 196 valence electrons. The van der Waals surface area contributed by atoms with Crippen LogP contribution in [0.5, 0.6) is 0 Å². The van der Waals surface area contributed by atoms with Gasteiger partial charge in [-0.3, -0.25) is 14.5 Å². The molecule has 0 fully saturated rings. The van der Waals surface area contributed by atoms with E-state index in [0.29, 0.717) is 17.7 Å². The predicted octanol–water partition coefficient (Wildman–Crippen LogP) is 6.78. The summed E-state index contributed by atoms with van der Waals surface area (Å²) >= 11 is 0. The molecule has 1 aliphatic heterocycles. The van der Waals surface area contributed by atoms with Gasteiger partial charge in [0.1, 0.15) is 0 Å². The smallest absolute Gasteiger partial charge is 0.261 e. The molecule has 2 amide bonds. The quantitative estimate of drug-likeness (QED) is 0.239. The van der Waals surface area contributed by atoms with Gasteiger partial charge in [-0.1, -0.05) is 70.0 Å². The van der Waals surface area contributed by atoms with Crippen LogP contribution in [0.2, 0.25) is 19.6 Å². The van der Waals surface area contributed by atoms with Gasteiger partial charge in [-0.05, 0) is 68.6 Å². The zero-order valence-electron chi connectivity index (χ0n) is 22.8. The Morgan fingerprint density at radius 2 is 1.50 bits per heavy atom. The van der Waals surface area contributed by atoms with Crippen LogP contribution in [0.25, 0.3) is 0 Å². The van der Waals surface area contributed by atoms with Crippen molar-refractivity contribution in [3.63, 3.8) is 0 Å². The minimum absolute atomic E-state index is 0.0775. The molecular formula is C30H43NO4Si. The molecule has 0 aromatic heterocycles. The molecule has 0 aliphatic carbocycles. The number of carbonyl (C=O) groups excluding carboxylic acids is 2. The van der Waals surface area contributed by atoms with Gasteiger partial charge in [0.05, 0.1) is 22.8 Å². The average Bonchev–Trinajstić information content (AvgIpc) is 3.06. The third-order valence-electron chi connectivity index (χ3n) is 6.94. The second kappa shape index (κ2) is 11.8. The molecule has 1 N–H and O–H groups in total. The van der Waals surface area contributed by atoms with Gasteiger partial charge in [0.2, 0.25) is 0 Å². The van der Waals surface area contributed by atoms with Crippen molar-refractivity contribution in [1.29, 1.82) is 0 Å². The number of nitrogens with zero attached hydrogens (tertiary/aromatic N) is 1. The molecule has 0 bridgehead atoms. The maximum Gasteiger partial charge on any atom is 0.261 e. The minimum Gasteiger partial charge on any atom is -0.410 e. The lowest BCUT2D eigenvalue weighted by Crippen LogP contribution is -2.38. The van der Waals surface area contributed by atoms with Gasteiger partial charge >= 0.3 is 0 Å². The molecule has 2 atom stereocenters. The molecule has 5 nitrogen and oxygen atoms in total. The standard InChI is InChI=1S/C30H43NO4Si/c1-7-17-30(34,18-8-2)19-16-23-12-11-13-24(20-23)27(35-36(4,5)6)22(3)21-31-28(32)25-14-9-10-15-26(25)29(31)33/h9-15,20,22,27,34H,7-8,16-19,21H2,1-6H3. The van der Waals surface area contributed by atoms with Gasteiger partial charge in [0.15, 0.2) is 8.32 Å². The maximum atomic E-state index is 13.0. The second-order valence-corrected chi connectivity index (χ2v) is 15.8. The van der Waals surface area contributed by atoms with E-state index in [1.165, 1.54) is 10.5 Å². The van der Waals surface area contributed by atoms with E-state index in [4.69, 9.17) is 4.43 Å². The normalized spacial score (nSPS) is 15.8. The third kappa shape index (κ3) is 6.93. The highest BCUT2D eigenvalue weighted by atomic mass is 28.4. The number of carbonyl (C=O) groups is 2. The molecule has 0 saturated heterocycles. The summed E-state index contributed by atoms with van der Waals surface area (Å²) in [6.07, 6.45) is 4.89. The van der Waals surface area contributed by atoms with Gasteiger partial charge in [0.25, 0.3) is 11.8 Å². The highest BCUT2D eigenvalue weighted by Gasteiger charge is 2.38. The Kier molecular flexibility index (Phi) is 9.31. The van der Waals surface area contributed by atoms with Gasteiger partial charge in [0, 0.05) is 12.5 Å². The molecule has 0 spiro atoms. The average molecular weight is 510 g/mol. The van der Waals surface area contributed by atoms with E-state index in [1.54, 1.807) is 24.3 Å². The zero-order chi connectivity index (χ0) is 26.5. The van der Waals surface area contributed by atoms with Crippen LogP contribution in [0.15, 0.2) is 48.5 Å². The zero-order valence-corrected chi connectivity index (χ0v) is 23.8. The molecule has 2 aromatic carbocycles. The molecule has 3 rings (SSSR count). The summed E-state index contributed by atoms with van der Waals surface area (Å²) in [5.74, 6) is -0.533. The molecule has 2 unspecified atom stereocenters. The molecule has 1 aliphatic rings. The van der Waals surface area contributed by atoms with Crippen LogP contribution < -0.4 is 0 Å². The Hall–Kier alpha value is -2.28. The lowest BCUT2D eigenvalue weighted by atomic mass is 9.86. The number of imide groups is 1. The number of amides is 2. The van der Waals surface area contributed by atoms with E-state index in [9.17, 15) is 14.7 Å². The molecule has 36 heavy (non-hydrogen) atoms. The van der Waals surface area contributed by atoms with Crippen LogP contribution in [0.3, 0.4) is 0 Å². The number of aliphatic hydroxyl groups is 1. The van der Waals surface area contributed by atoms with E-state index in [1.807, 2.05) is 0 Å². The van der Waals surface area contributed by atoms with Crippen LogP contribution in [0.4, 0.5) is 0 Å². The van der Waals surface area contributed by atoms with Crippen molar-refractivity contribution in [1.82, 2.24) is 4.90 Å². The van der Waals surface area contributed by atoms with E-state index in [0.717, 1.165) is 44.1 Å². The maximum absolute atomic E-state index is 13.0. The van der Waals surface area contributed by atoms with Crippen LogP contribution in [-0.4, -0.2) is 42.3 Å². The Bertz CT molecular complexity index is 1020. The van der Waals surface area contributed by atoms with Crippen LogP contribution in [0.1, 0.15) is 90.8 Å². The Morgan fingerprint density at radius 1 is 0.917 bits per heavy atom. The van der Waals surface area contributed by atoms with Crippen LogP contribution in [0, 0.1) is 5.92 Å². The summed E-state index contributed by atoms with van der Waals surface area (Å²) in [6.45, 7) is 13.1. The number of fused-ring (bicyclic) bond motifs is 1. The summed E-state index contributed by atoms with van der Waals surface area (Å²) in [6, 6.07) is 15.5. The number of benzene rings is 2. The lowest BCUT2D eigenvalue weighted by Gasteiger charge is -2.33. The van der Waals surface area contributed by atoms with E-state index in [-0.39, 0.29) is 23.8 Å². The van der Waals surface area contributed by atoms with Gasteiger partial charge in [-0.15, -0.1) is 0 Å². The molecule has 1 heterocycles. The van der Waals surface area contributed by atoms with Crippen molar-refractivity contribution < 1.29 is 19.1 Å². The lowest BCUT2D eigenvalue weighted by molar-refractivity contribution is 0.0132. The first-order valence-corrected chi connectivity index (χ1v) is 16.8. The summed E-state index contributed by atoms with van der Waals surface area (Å²) in [5, 5.41) is 11.1. The molecule has 6 heteroatoms. The fraction of sp³-hybridized carbons (Fsp3) is 0.533. The van der Waals surface area contributed by atoms with Crippen molar-refractivity contribution in [2.45, 2.75) is 90.6 Å². The second-order valence-electron chi connectivity index (χ2n) is 11.4. The minimum atomic E-state index is -1.93. The molecule has 0 saturated carbocycles. The largest absolute Gasteiger partial charge is 0.410 e. The molecule has 0 radical (unpaired) electrons. The predicted molar refractivity (Wildman–Crippen MR) is 148 cm³/mol. The topological polar surface area (TPSA) is 66.8 Å². The highest BCUT2D eigenvalue weighted by Crippen LogP contribution is 2.34. The number of aryl methyl sites for hydroxylation is 1. The Labute approximate surface area is 218 Å². The van der Waals surface area contributed by atoms with Crippen molar-refractivity contribution in [3.8, 4) is 0 Å². The third-order valence-corrected chi connectivity index (χ3v) is 7.90. The number of hydrogen-bond acceptors (Lipinski definition) is 4. The summed E-state index contributed by atoms with van der Waals surface area (Å²) in [4.78, 5) is 27.3. The molecular weight excluding hydrogens is 466 g/mol. The first kappa shape index (κ1) is 28.3. The highest BCUT2D eigenvalue weighted by molar-refractivity contribution is 6.69. The van der Waals surface area contributed by atoms with E-state index < -0.39 is 13.9 Å². The summed E-state index contributed by atoms with van der Waals surface area (Å²) in [7, 11) is -1.93. The monoisotopic (exact) mass is 509 g/mol. The van der Waals surface area contributed by atoms with Crippen molar-refractivity contribution in [2.75, 3.05) is 6.54 Å². The van der Waals surface area contributed by atoms with Crippen molar-refractivity contribution >= 4 is 20.1 Å². The van der Waals surface area contributed by atoms with E-state index >= 15 is 0 Å². The molecule has 2 aromatic rings. The van der Waals surface area contributed by atoms with Crippen molar-refractivity contribution in [3.05, 3.63) is 70.8 Å². The van der Waals surface area contributed by atoms with Crippen LogP contribution >= 0.6 is 0 Å². The Balaban J connectivity index is 1.81. The first-order valence-electron chi connectivity index (χ1n) is 13.4. The van der Waals surface area contributed by atoms with E-state index in [2.05, 4.69) is 64.7 Å². The van der Waals surface area contributed by atoms with Crippen LogP contribution in [-0.2, 0) is 10.8 Å². The first-order chi connectivity index (χ1) is 17.0. The van der Waals surface area contributed by atoms with Gasteiger partial charge in [-0.2, -0.15) is 0 Å². The number of hydrogen-bond donors (Lipinski definition) is 1. The van der Waals surface area contributed by atoms with Gasteiger partial charge in [-0.25, -0.2) is 0 Å². The Morgan fingerprint density at radius 3 is 2.03 bits per heavy atom. The number of rotatable bonds is 13. The SMILES string of the molecule is CCCC(O)(CCC)CCc1cccc(C(O[Si](C)(C)C)C(C)CN2C(=O)c3ccccc3C2=O)c1. The fourth-order valence-corrected chi connectivity index (χ4v) is 6.42. The van der Waals surface area contributed by atoms with Gasteiger partial charge < -0.3 is 9.53 Å².